The first-order valence-corrected chi connectivity index (χ1v) is 4.15. The van der Waals surface area contributed by atoms with E-state index in [2.05, 4.69) is 10.1 Å². The number of rotatable bonds is 1. The summed E-state index contributed by atoms with van der Waals surface area (Å²) in [6, 6.07) is -0.112. The van der Waals surface area contributed by atoms with Crippen LogP contribution in [0.4, 0.5) is 0 Å². The molecule has 2 aliphatic heterocycles. The maximum Gasteiger partial charge on any atom is 0.322 e. The summed E-state index contributed by atoms with van der Waals surface area (Å²) in [5, 5.41) is 3.15. The van der Waals surface area contributed by atoms with E-state index in [0.717, 1.165) is 26.2 Å². The van der Waals surface area contributed by atoms with Crippen molar-refractivity contribution in [3.05, 3.63) is 0 Å². The first-order chi connectivity index (χ1) is 5.76. The van der Waals surface area contributed by atoms with Gasteiger partial charge in [-0.25, -0.2) is 0 Å². The van der Waals surface area contributed by atoms with Gasteiger partial charge in [-0.2, -0.15) is 0 Å². The van der Waals surface area contributed by atoms with E-state index in [1.54, 1.807) is 0 Å². The number of halogens is 1. The predicted molar refractivity (Wildman–Crippen MR) is 48.9 cm³/mol. The molecule has 76 valence electrons. The number of methoxy groups -OCH3 is 1. The Kier molecular flexibility index (Phi) is 3.16. The molecule has 1 spiro atoms. The number of hydrogen-bond acceptors (Lipinski definition) is 4. The van der Waals surface area contributed by atoms with Crippen LogP contribution in [0.2, 0.25) is 0 Å². The minimum atomic E-state index is -0.154. The van der Waals surface area contributed by atoms with Gasteiger partial charge in [0.05, 0.1) is 20.3 Å². The Morgan fingerprint density at radius 3 is 2.69 bits per heavy atom. The lowest BCUT2D eigenvalue weighted by Crippen LogP contribution is -2.44. The van der Waals surface area contributed by atoms with E-state index >= 15 is 0 Å². The zero-order valence-corrected chi connectivity index (χ0v) is 8.36. The molecule has 2 saturated heterocycles. The van der Waals surface area contributed by atoms with E-state index < -0.39 is 0 Å². The number of esters is 1. The number of nitrogens with one attached hydrogen (secondary N) is 1. The summed E-state index contributed by atoms with van der Waals surface area (Å²) in [7, 11) is 1.42. The third kappa shape index (κ3) is 1.80. The van der Waals surface area contributed by atoms with E-state index in [1.165, 1.54) is 7.11 Å². The third-order valence-corrected chi connectivity index (χ3v) is 2.66. The van der Waals surface area contributed by atoms with E-state index in [9.17, 15) is 4.79 Å². The van der Waals surface area contributed by atoms with Crippen LogP contribution in [0.5, 0.6) is 0 Å². The molecule has 2 heterocycles. The Bertz CT molecular complexity index is 206. The topological polar surface area (TPSA) is 47.6 Å². The van der Waals surface area contributed by atoms with Gasteiger partial charge in [0.2, 0.25) is 0 Å². The molecular formula is C8H14ClNO3. The summed E-state index contributed by atoms with van der Waals surface area (Å²) in [5.74, 6) is -0.154. The highest BCUT2D eigenvalue weighted by Crippen LogP contribution is 2.36. The van der Waals surface area contributed by atoms with Crippen LogP contribution in [0.15, 0.2) is 0 Å². The SMILES string of the molecule is COC(=O)C1CC2(CN1)COC2.Cl. The Morgan fingerprint density at radius 1 is 1.62 bits per heavy atom. The van der Waals surface area contributed by atoms with Crippen LogP contribution in [0, 0.1) is 5.41 Å². The molecule has 5 heteroatoms. The van der Waals surface area contributed by atoms with Crippen LogP contribution in [-0.2, 0) is 14.3 Å². The lowest BCUT2D eigenvalue weighted by Gasteiger charge is -2.37. The van der Waals surface area contributed by atoms with Crippen LogP contribution in [0.3, 0.4) is 0 Å². The molecule has 1 atom stereocenters. The Hall–Kier alpha value is -0.320. The van der Waals surface area contributed by atoms with Crippen LogP contribution in [-0.4, -0.2) is 38.9 Å². The number of carbonyl (C=O) groups excluding carboxylic acids is 1. The molecule has 0 aromatic rings. The minimum Gasteiger partial charge on any atom is -0.468 e. The molecule has 1 unspecified atom stereocenters. The zero-order valence-electron chi connectivity index (χ0n) is 7.54. The molecule has 0 amide bonds. The van der Waals surface area contributed by atoms with Crippen LogP contribution >= 0.6 is 12.4 Å². The summed E-state index contributed by atoms with van der Waals surface area (Å²) in [4.78, 5) is 11.1. The highest BCUT2D eigenvalue weighted by atomic mass is 35.5. The predicted octanol–water partition coefficient (Wildman–Crippen LogP) is -0.0403. The first-order valence-electron chi connectivity index (χ1n) is 4.15. The van der Waals surface area contributed by atoms with Crippen molar-refractivity contribution in [3.63, 3.8) is 0 Å². The summed E-state index contributed by atoms with van der Waals surface area (Å²) >= 11 is 0. The lowest BCUT2D eigenvalue weighted by atomic mass is 9.84. The summed E-state index contributed by atoms with van der Waals surface area (Å²) in [5.41, 5.74) is 0.235. The van der Waals surface area contributed by atoms with Crippen molar-refractivity contribution in [1.29, 1.82) is 0 Å². The average molecular weight is 208 g/mol. The molecule has 0 aromatic carbocycles. The van der Waals surface area contributed by atoms with E-state index in [1.807, 2.05) is 0 Å². The molecule has 0 bridgehead atoms. The lowest BCUT2D eigenvalue weighted by molar-refractivity contribution is -0.144. The fourth-order valence-corrected chi connectivity index (χ4v) is 1.84. The van der Waals surface area contributed by atoms with Crippen LogP contribution in [0.25, 0.3) is 0 Å². The van der Waals surface area contributed by atoms with Gasteiger partial charge < -0.3 is 14.8 Å². The molecule has 1 N–H and O–H groups in total. The van der Waals surface area contributed by atoms with Gasteiger partial charge in [0.1, 0.15) is 6.04 Å². The maximum absolute atomic E-state index is 11.1. The van der Waals surface area contributed by atoms with Crippen molar-refractivity contribution in [1.82, 2.24) is 5.32 Å². The van der Waals surface area contributed by atoms with Gasteiger partial charge >= 0.3 is 5.97 Å². The van der Waals surface area contributed by atoms with Crippen LogP contribution < -0.4 is 5.32 Å². The van der Waals surface area contributed by atoms with E-state index in [4.69, 9.17) is 4.74 Å². The Morgan fingerprint density at radius 2 is 2.31 bits per heavy atom. The molecule has 2 aliphatic rings. The molecule has 2 rings (SSSR count). The van der Waals surface area contributed by atoms with E-state index in [-0.39, 0.29) is 29.8 Å². The Labute approximate surface area is 83.4 Å². The van der Waals surface area contributed by atoms with Crippen molar-refractivity contribution >= 4 is 18.4 Å². The second kappa shape index (κ2) is 3.82. The summed E-state index contributed by atoms with van der Waals surface area (Å²) < 4.78 is 9.78. The molecule has 4 nitrogen and oxygen atoms in total. The molecule has 0 radical (unpaired) electrons. The van der Waals surface area contributed by atoms with Crippen molar-refractivity contribution in [3.8, 4) is 0 Å². The van der Waals surface area contributed by atoms with E-state index in [0.29, 0.717) is 0 Å². The highest BCUT2D eigenvalue weighted by molar-refractivity contribution is 5.85. The second-order valence-corrected chi connectivity index (χ2v) is 3.65. The summed E-state index contributed by atoms with van der Waals surface area (Å²) in [6.45, 7) is 2.45. The fourth-order valence-electron chi connectivity index (χ4n) is 1.84. The largest absolute Gasteiger partial charge is 0.468 e. The molecule has 0 aliphatic carbocycles. The minimum absolute atomic E-state index is 0. The molecular weight excluding hydrogens is 194 g/mol. The van der Waals surface area contributed by atoms with Gasteiger partial charge in [0.15, 0.2) is 0 Å². The van der Waals surface area contributed by atoms with Crippen molar-refractivity contribution in [2.75, 3.05) is 26.9 Å². The summed E-state index contributed by atoms with van der Waals surface area (Å²) in [6.07, 6.45) is 0.861. The first kappa shape index (κ1) is 10.8. The van der Waals surface area contributed by atoms with Gasteiger partial charge in [0.25, 0.3) is 0 Å². The van der Waals surface area contributed by atoms with Crippen molar-refractivity contribution in [2.45, 2.75) is 12.5 Å². The van der Waals surface area contributed by atoms with Crippen molar-refractivity contribution < 1.29 is 14.3 Å². The van der Waals surface area contributed by atoms with Crippen molar-refractivity contribution in [2.24, 2.45) is 5.41 Å². The standard InChI is InChI=1S/C8H13NO3.ClH/c1-11-7(10)6-2-8(3-9-6)4-12-5-8;/h6,9H,2-5H2,1H3;1H. The monoisotopic (exact) mass is 207 g/mol. The molecule has 0 aromatic heterocycles. The van der Waals surface area contributed by atoms with Gasteiger partial charge in [-0.05, 0) is 6.42 Å². The number of carbonyl (C=O) groups is 1. The molecule has 13 heavy (non-hydrogen) atoms. The van der Waals surface area contributed by atoms with Gasteiger partial charge in [-0.1, -0.05) is 0 Å². The van der Waals surface area contributed by atoms with Gasteiger partial charge in [-0.15, -0.1) is 12.4 Å². The number of ether oxygens (including phenoxy) is 2. The number of hydrogen-bond donors (Lipinski definition) is 1. The highest BCUT2D eigenvalue weighted by Gasteiger charge is 2.47. The molecule has 2 fully saturated rings. The third-order valence-electron chi connectivity index (χ3n) is 2.66. The second-order valence-electron chi connectivity index (χ2n) is 3.65. The smallest absolute Gasteiger partial charge is 0.322 e. The van der Waals surface area contributed by atoms with Gasteiger partial charge in [-0.3, -0.25) is 4.79 Å². The average Bonchev–Trinajstić information content (AvgIpc) is 2.46. The molecule has 0 saturated carbocycles. The quantitative estimate of drug-likeness (QED) is 0.613. The normalized spacial score (nSPS) is 29.2. The zero-order chi connectivity index (χ0) is 8.60. The Balaban J connectivity index is 0.000000845. The van der Waals surface area contributed by atoms with Gasteiger partial charge in [0, 0.05) is 12.0 Å². The fraction of sp³-hybridized carbons (Fsp3) is 0.875. The maximum atomic E-state index is 11.1. The van der Waals surface area contributed by atoms with Crippen LogP contribution in [0.1, 0.15) is 6.42 Å².